The number of thioether (sulfide) groups is 1. The first-order valence-corrected chi connectivity index (χ1v) is 8.69. The number of hydrogen-bond donors (Lipinski definition) is 1. The first-order valence-electron chi connectivity index (χ1n) is 7.71. The predicted octanol–water partition coefficient (Wildman–Crippen LogP) is 1.21. The summed E-state index contributed by atoms with van der Waals surface area (Å²) >= 11 is 1.50. The average molecular weight is 346 g/mol. The largest absolute Gasteiger partial charge is 0.464 e. The van der Waals surface area contributed by atoms with Gasteiger partial charge in [0.2, 0.25) is 0 Å². The molecule has 9 heteroatoms. The molecule has 1 unspecified atom stereocenters. The highest BCUT2D eigenvalue weighted by Crippen LogP contribution is 2.21. The zero-order valence-corrected chi connectivity index (χ0v) is 14.3. The molecule has 0 aromatic carbocycles. The molecule has 0 radical (unpaired) electrons. The minimum atomic E-state index is -0.163. The monoisotopic (exact) mass is 346 g/mol. The molecule has 24 heavy (non-hydrogen) atoms. The topological polar surface area (TPSA) is 94.3 Å². The highest BCUT2D eigenvalue weighted by Gasteiger charge is 2.19. The fourth-order valence-corrected chi connectivity index (χ4v) is 3.04. The minimum Gasteiger partial charge on any atom is -0.464 e. The van der Waals surface area contributed by atoms with E-state index >= 15 is 0 Å². The van der Waals surface area contributed by atoms with Gasteiger partial charge in [0.15, 0.2) is 5.16 Å². The second-order valence-electron chi connectivity index (χ2n) is 4.97. The second-order valence-corrected chi connectivity index (χ2v) is 6.21. The molecule has 1 aliphatic rings. The molecule has 3 heterocycles. The number of rotatable bonds is 6. The number of nitrogens with zero attached hydrogens (tertiary/aromatic N) is 5. The molecule has 8 nitrogen and oxygen atoms in total. The normalized spacial score (nSPS) is 16.2. The average Bonchev–Trinajstić information content (AvgIpc) is 3.11. The van der Waals surface area contributed by atoms with Gasteiger partial charge in [-0.3, -0.25) is 9.36 Å². The summed E-state index contributed by atoms with van der Waals surface area (Å²) in [6.45, 7) is 5.02. The maximum absolute atomic E-state index is 12.7. The van der Waals surface area contributed by atoms with Crippen molar-refractivity contribution < 1.29 is 4.74 Å². The zero-order chi connectivity index (χ0) is 16.9. The molecule has 1 aliphatic heterocycles. The van der Waals surface area contributed by atoms with E-state index in [9.17, 15) is 4.79 Å². The van der Waals surface area contributed by atoms with Crippen LogP contribution in [0.15, 0.2) is 33.5 Å². The molecule has 1 N–H and O–H groups in total. The van der Waals surface area contributed by atoms with Crippen LogP contribution in [0.1, 0.15) is 25.5 Å². The summed E-state index contributed by atoms with van der Waals surface area (Å²) in [7, 11) is 0. The van der Waals surface area contributed by atoms with E-state index < -0.39 is 0 Å². The van der Waals surface area contributed by atoms with E-state index in [1.165, 1.54) is 16.3 Å². The van der Waals surface area contributed by atoms with Gasteiger partial charge in [0.1, 0.15) is 0 Å². The molecule has 2 aromatic rings. The lowest BCUT2D eigenvalue weighted by atomic mass is 10.1. The summed E-state index contributed by atoms with van der Waals surface area (Å²) in [5.74, 6) is 0.810. The van der Waals surface area contributed by atoms with E-state index in [1.807, 2.05) is 13.8 Å². The molecular formula is C15H18N6O2S. The Hall–Kier alpha value is -2.42. The van der Waals surface area contributed by atoms with E-state index in [-0.39, 0.29) is 17.5 Å². The number of aromatic nitrogens is 4. The van der Waals surface area contributed by atoms with Crippen molar-refractivity contribution in [3.05, 3.63) is 34.5 Å². The Morgan fingerprint density at radius 3 is 2.79 bits per heavy atom. The Labute approximate surface area is 143 Å². The lowest BCUT2D eigenvalue weighted by molar-refractivity contribution is 0.312. The smallest absolute Gasteiger partial charge is 0.316 e. The first kappa shape index (κ1) is 16.4. The molecule has 0 amide bonds. The lowest BCUT2D eigenvalue weighted by Gasteiger charge is -2.13. The molecule has 1 atom stereocenters. The maximum atomic E-state index is 12.7. The zero-order valence-electron chi connectivity index (χ0n) is 13.5. The van der Waals surface area contributed by atoms with Gasteiger partial charge in [-0.2, -0.15) is 5.10 Å². The predicted molar refractivity (Wildman–Crippen MR) is 92.2 cm³/mol. The van der Waals surface area contributed by atoms with Crippen molar-refractivity contribution >= 4 is 18.0 Å². The van der Waals surface area contributed by atoms with Crippen LogP contribution in [0.3, 0.4) is 0 Å². The van der Waals surface area contributed by atoms with Gasteiger partial charge < -0.3 is 10.2 Å². The van der Waals surface area contributed by atoms with Crippen molar-refractivity contribution in [1.82, 2.24) is 24.9 Å². The fraction of sp³-hybridized carbons (Fsp3) is 0.400. The standard InChI is InChI=1S/C15H18N6O2S/c1-3-23-14-16-8-11(9-17-14)21-13(22)5-12(10-6-18-19-7-10)20-15(21)24-4-2/h5-6,8-10,19H,3-4,7H2,1-2H3. The number of ether oxygens (including phenoxy) is 1. The molecular weight excluding hydrogens is 328 g/mol. The van der Waals surface area contributed by atoms with Gasteiger partial charge in [-0.1, -0.05) is 18.7 Å². The van der Waals surface area contributed by atoms with Crippen LogP contribution in [-0.2, 0) is 0 Å². The van der Waals surface area contributed by atoms with Gasteiger partial charge in [0, 0.05) is 18.8 Å². The van der Waals surface area contributed by atoms with Crippen molar-refractivity contribution in [2.24, 2.45) is 5.10 Å². The molecule has 0 bridgehead atoms. The Balaban J connectivity index is 2.02. The molecule has 0 fully saturated rings. The van der Waals surface area contributed by atoms with Crippen molar-refractivity contribution in [2.45, 2.75) is 24.9 Å². The summed E-state index contributed by atoms with van der Waals surface area (Å²) in [4.78, 5) is 25.6. The van der Waals surface area contributed by atoms with Gasteiger partial charge in [0.25, 0.3) is 5.56 Å². The third-order valence-corrected chi connectivity index (χ3v) is 4.18. The van der Waals surface area contributed by atoms with E-state index in [0.29, 0.717) is 29.7 Å². The Kier molecular flexibility index (Phi) is 5.09. The number of hydrogen-bond acceptors (Lipinski definition) is 8. The highest BCUT2D eigenvalue weighted by molar-refractivity contribution is 7.99. The van der Waals surface area contributed by atoms with Crippen LogP contribution in [0, 0.1) is 0 Å². The van der Waals surface area contributed by atoms with Crippen molar-refractivity contribution in [3.63, 3.8) is 0 Å². The van der Waals surface area contributed by atoms with Gasteiger partial charge >= 0.3 is 6.01 Å². The highest BCUT2D eigenvalue weighted by atomic mass is 32.2. The van der Waals surface area contributed by atoms with Gasteiger partial charge in [-0.15, -0.1) is 0 Å². The van der Waals surface area contributed by atoms with Crippen LogP contribution >= 0.6 is 11.8 Å². The molecule has 3 rings (SSSR count). The maximum Gasteiger partial charge on any atom is 0.316 e. The minimum absolute atomic E-state index is 0.0140. The number of nitrogens with one attached hydrogen (secondary N) is 1. The van der Waals surface area contributed by atoms with Crippen molar-refractivity contribution in [2.75, 3.05) is 18.9 Å². The van der Waals surface area contributed by atoms with Crippen LogP contribution in [-0.4, -0.2) is 44.6 Å². The van der Waals surface area contributed by atoms with Gasteiger partial charge in [-0.05, 0) is 12.7 Å². The summed E-state index contributed by atoms with van der Waals surface area (Å²) < 4.78 is 6.76. The Morgan fingerprint density at radius 2 is 2.17 bits per heavy atom. The molecule has 2 aromatic heterocycles. The summed E-state index contributed by atoms with van der Waals surface area (Å²) in [5, 5.41) is 4.61. The van der Waals surface area contributed by atoms with Crippen LogP contribution in [0.2, 0.25) is 0 Å². The SMILES string of the molecule is CCOc1ncc(-n2c(SCC)nc(C3C=NNC3)cc2=O)cn1. The van der Waals surface area contributed by atoms with E-state index in [2.05, 4.69) is 25.5 Å². The van der Waals surface area contributed by atoms with Crippen LogP contribution in [0.5, 0.6) is 6.01 Å². The number of hydrazone groups is 1. The van der Waals surface area contributed by atoms with Crippen LogP contribution in [0.4, 0.5) is 0 Å². The van der Waals surface area contributed by atoms with E-state index in [4.69, 9.17) is 4.74 Å². The lowest BCUT2D eigenvalue weighted by Crippen LogP contribution is -2.24. The summed E-state index contributed by atoms with van der Waals surface area (Å²) in [6.07, 6.45) is 4.91. The fourth-order valence-electron chi connectivity index (χ4n) is 2.29. The van der Waals surface area contributed by atoms with Crippen LogP contribution in [0.25, 0.3) is 5.69 Å². The summed E-state index contributed by atoms with van der Waals surface area (Å²) in [5.41, 5.74) is 4.01. The van der Waals surface area contributed by atoms with Crippen molar-refractivity contribution in [1.29, 1.82) is 0 Å². The Morgan fingerprint density at radius 1 is 1.38 bits per heavy atom. The molecule has 0 aliphatic carbocycles. The third-order valence-electron chi connectivity index (χ3n) is 3.36. The summed E-state index contributed by atoms with van der Waals surface area (Å²) in [6, 6.07) is 1.83. The second kappa shape index (κ2) is 7.43. The Bertz CT molecular complexity index is 790. The first-order chi connectivity index (χ1) is 11.7. The third kappa shape index (κ3) is 3.40. The van der Waals surface area contributed by atoms with Gasteiger partial charge in [0.05, 0.1) is 36.3 Å². The van der Waals surface area contributed by atoms with Crippen LogP contribution < -0.4 is 15.7 Å². The van der Waals surface area contributed by atoms with E-state index in [1.54, 1.807) is 24.7 Å². The van der Waals surface area contributed by atoms with Crippen molar-refractivity contribution in [3.8, 4) is 11.7 Å². The molecule has 126 valence electrons. The quantitative estimate of drug-likeness (QED) is 0.620. The molecule has 0 saturated heterocycles. The van der Waals surface area contributed by atoms with E-state index in [0.717, 1.165) is 5.75 Å². The molecule has 0 spiro atoms. The molecule has 0 saturated carbocycles. The van der Waals surface area contributed by atoms with Gasteiger partial charge in [-0.25, -0.2) is 15.0 Å².